The number of rotatable bonds is 3. The first-order valence-electron chi connectivity index (χ1n) is 7.17. The Morgan fingerprint density at radius 2 is 2.43 bits per heavy atom. The van der Waals surface area contributed by atoms with E-state index in [0.29, 0.717) is 24.2 Å². The fourth-order valence-electron chi connectivity index (χ4n) is 2.77. The highest BCUT2D eigenvalue weighted by atomic mass is 35.5. The first-order chi connectivity index (χ1) is 10.1. The molecular weight excluding hydrogens is 308 g/mol. The van der Waals surface area contributed by atoms with Crippen LogP contribution in [0.3, 0.4) is 0 Å². The van der Waals surface area contributed by atoms with Crippen LogP contribution in [0.15, 0.2) is 12.1 Å². The second-order valence-electron chi connectivity index (χ2n) is 5.44. The average Bonchev–Trinajstić information content (AvgIpc) is 3.13. The Kier molecular flexibility index (Phi) is 4.50. The maximum absolute atomic E-state index is 12.2. The van der Waals surface area contributed by atoms with Gasteiger partial charge in [0.05, 0.1) is 6.61 Å². The highest BCUT2D eigenvalue weighted by molar-refractivity contribution is 7.99. The van der Waals surface area contributed by atoms with Crippen molar-refractivity contribution >= 4 is 29.4 Å². The standard InChI is InChI=1S/C15H19ClN2O2S/c1-18(13-3-5-21-9-13)15(19)17-8-11-7-12(16)6-10-2-4-20-14(10)11/h6-7,13H,2-5,8-9H2,1H3,(H,17,19). The minimum atomic E-state index is -0.0331. The molecule has 2 heterocycles. The van der Waals surface area contributed by atoms with Crippen LogP contribution in [-0.2, 0) is 13.0 Å². The molecular formula is C15H19ClN2O2S. The van der Waals surface area contributed by atoms with E-state index in [2.05, 4.69) is 5.32 Å². The van der Waals surface area contributed by atoms with Crippen molar-refractivity contribution in [2.24, 2.45) is 0 Å². The largest absolute Gasteiger partial charge is 0.493 e. The van der Waals surface area contributed by atoms with Gasteiger partial charge in [0, 0.05) is 42.4 Å². The Labute approximate surface area is 134 Å². The molecule has 2 aliphatic rings. The van der Waals surface area contributed by atoms with Crippen LogP contribution in [0.4, 0.5) is 4.79 Å². The van der Waals surface area contributed by atoms with Crippen LogP contribution < -0.4 is 10.1 Å². The summed E-state index contributed by atoms with van der Waals surface area (Å²) in [7, 11) is 1.87. The molecule has 3 rings (SSSR count). The number of benzene rings is 1. The van der Waals surface area contributed by atoms with Crippen molar-refractivity contribution in [1.29, 1.82) is 0 Å². The third-order valence-electron chi connectivity index (χ3n) is 4.03. The summed E-state index contributed by atoms with van der Waals surface area (Å²) in [5.74, 6) is 3.05. The van der Waals surface area contributed by atoms with E-state index in [1.807, 2.05) is 35.8 Å². The van der Waals surface area contributed by atoms with E-state index in [9.17, 15) is 4.79 Å². The van der Waals surface area contributed by atoms with Crippen LogP contribution in [0.5, 0.6) is 5.75 Å². The number of fused-ring (bicyclic) bond motifs is 1. The van der Waals surface area contributed by atoms with E-state index in [0.717, 1.165) is 41.2 Å². The molecule has 1 unspecified atom stereocenters. The van der Waals surface area contributed by atoms with Crippen molar-refractivity contribution in [2.45, 2.75) is 25.4 Å². The molecule has 1 aromatic carbocycles. The number of hydrogen-bond acceptors (Lipinski definition) is 3. The molecule has 0 aliphatic carbocycles. The van der Waals surface area contributed by atoms with E-state index >= 15 is 0 Å². The highest BCUT2D eigenvalue weighted by Crippen LogP contribution is 2.32. The van der Waals surface area contributed by atoms with E-state index in [4.69, 9.17) is 16.3 Å². The molecule has 1 aromatic rings. The van der Waals surface area contributed by atoms with Gasteiger partial charge in [-0.25, -0.2) is 4.79 Å². The van der Waals surface area contributed by atoms with Crippen molar-refractivity contribution in [3.05, 3.63) is 28.3 Å². The van der Waals surface area contributed by atoms with Crippen LogP contribution in [0.25, 0.3) is 0 Å². The van der Waals surface area contributed by atoms with Gasteiger partial charge >= 0.3 is 6.03 Å². The topological polar surface area (TPSA) is 41.6 Å². The zero-order valence-electron chi connectivity index (χ0n) is 12.0. The average molecular weight is 327 g/mol. The van der Waals surface area contributed by atoms with E-state index in [1.165, 1.54) is 0 Å². The Bertz CT molecular complexity index is 547. The third kappa shape index (κ3) is 3.24. The molecule has 114 valence electrons. The number of thioether (sulfide) groups is 1. The zero-order valence-corrected chi connectivity index (χ0v) is 13.6. The van der Waals surface area contributed by atoms with Crippen molar-refractivity contribution in [2.75, 3.05) is 25.2 Å². The van der Waals surface area contributed by atoms with Crippen LogP contribution >= 0.6 is 23.4 Å². The van der Waals surface area contributed by atoms with Gasteiger partial charge in [-0.2, -0.15) is 11.8 Å². The zero-order chi connectivity index (χ0) is 14.8. The minimum absolute atomic E-state index is 0.0331. The quantitative estimate of drug-likeness (QED) is 0.928. The molecule has 0 saturated carbocycles. The van der Waals surface area contributed by atoms with Gasteiger partial charge in [0.15, 0.2) is 0 Å². The maximum atomic E-state index is 12.2. The first-order valence-corrected chi connectivity index (χ1v) is 8.71. The van der Waals surface area contributed by atoms with E-state index in [1.54, 1.807) is 0 Å². The van der Waals surface area contributed by atoms with E-state index < -0.39 is 0 Å². The summed E-state index contributed by atoms with van der Waals surface area (Å²) in [5, 5.41) is 3.67. The summed E-state index contributed by atoms with van der Waals surface area (Å²) in [4.78, 5) is 14.0. The number of halogens is 1. The fraction of sp³-hybridized carbons (Fsp3) is 0.533. The lowest BCUT2D eigenvalue weighted by Crippen LogP contribution is -2.43. The summed E-state index contributed by atoms with van der Waals surface area (Å²) in [6.07, 6.45) is 1.96. The Hall–Kier alpha value is -1.07. The number of ether oxygens (including phenoxy) is 1. The van der Waals surface area contributed by atoms with Gasteiger partial charge in [-0.05, 0) is 29.9 Å². The van der Waals surface area contributed by atoms with Crippen molar-refractivity contribution in [3.8, 4) is 5.75 Å². The van der Waals surface area contributed by atoms with Crippen LogP contribution in [0.2, 0.25) is 5.02 Å². The number of urea groups is 1. The van der Waals surface area contributed by atoms with Crippen LogP contribution in [0, 0.1) is 0 Å². The van der Waals surface area contributed by atoms with Crippen LogP contribution in [0.1, 0.15) is 17.5 Å². The maximum Gasteiger partial charge on any atom is 0.317 e. The number of carbonyl (C=O) groups excluding carboxylic acids is 1. The van der Waals surface area contributed by atoms with Gasteiger partial charge < -0.3 is 15.0 Å². The van der Waals surface area contributed by atoms with Gasteiger partial charge in [-0.1, -0.05) is 11.6 Å². The normalized spacial score (nSPS) is 20.0. The number of nitrogens with one attached hydrogen (secondary N) is 1. The third-order valence-corrected chi connectivity index (χ3v) is 5.39. The highest BCUT2D eigenvalue weighted by Gasteiger charge is 2.24. The van der Waals surface area contributed by atoms with Gasteiger partial charge in [-0.3, -0.25) is 0 Å². The Morgan fingerprint density at radius 1 is 1.57 bits per heavy atom. The SMILES string of the molecule is CN(C(=O)NCc1cc(Cl)cc2c1OCC2)C1CCSC1. The molecule has 21 heavy (non-hydrogen) atoms. The molecule has 0 bridgehead atoms. The molecule has 0 spiro atoms. The summed E-state index contributed by atoms with van der Waals surface area (Å²) < 4.78 is 5.65. The summed E-state index contributed by atoms with van der Waals surface area (Å²) in [6, 6.07) is 4.12. The Balaban J connectivity index is 1.63. The minimum Gasteiger partial charge on any atom is -0.493 e. The molecule has 0 radical (unpaired) electrons. The molecule has 6 heteroatoms. The lowest BCUT2D eigenvalue weighted by atomic mass is 10.1. The molecule has 4 nitrogen and oxygen atoms in total. The van der Waals surface area contributed by atoms with Gasteiger partial charge in [-0.15, -0.1) is 0 Å². The molecule has 1 N–H and O–H groups in total. The molecule has 1 atom stereocenters. The smallest absolute Gasteiger partial charge is 0.317 e. The molecule has 2 amide bonds. The van der Waals surface area contributed by atoms with Gasteiger partial charge in [0.25, 0.3) is 0 Å². The molecule has 1 fully saturated rings. The fourth-order valence-corrected chi connectivity index (χ4v) is 4.30. The second kappa shape index (κ2) is 6.36. The summed E-state index contributed by atoms with van der Waals surface area (Å²) in [5.41, 5.74) is 2.09. The van der Waals surface area contributed by atoms with Crippen molar-refractivity contribution in [1.82, 2.24) is 10.2 Å². The first kappa shape index (κ1) is 14.9. The number of carbonyl (C=O) groups is 1. The second-order valence-corrected chi connectivity index (χ2v) is 7.02. The monoisotopic (exact) mass is 326 g/mol. The Morgan fingerprint density at radius 3 is 3.19 bits per heavy atom. The van der Waals surface area contributed by atoms with Gasteiger partial charge in [0.1, 0.15) is 5.75 Å². The van der Waals surface area contributed by atoms with Crippen molar-refractivity contribution in [3.63, 3.8) is 0 Å². The lowest BCUT2D eigenvalue weighted by molar-refractivity contribution is 0.194. The number of nitrogens with zero attached hydrogens (tertiary/aromatic N) is 1. The number of amides is 2. The lowest BCUT2D eigenvalue weighted by Gasteiger charge is -2.24. The van der Waals surface area contributed by atoms with E-state index in [-0.39, 0.29) is 6.03 Å². The van der Waals surface area contributed by atoms with Crippen molar-refractivity contribution < 1.29 is 9.53 Å². The predicted octanol–water partition coefficient (Wildman–Crippen LogP) is 2.92. The molecule has 1 saturated heterocycles. The summed E-state index contributed by atoms with van der Waals surface area (Å²) >= 11 is 8.03. The molecule has 2 aliphatic heterocycles. The van der Waals surface area contributed by atoms with Crippen LogP contribution in [-0.4, -0.2) is 42.1 Å². The predicted molar refractivity (Wildman–Crippen MR) is 86.4 cm³/mol. The molecule has 0 aromatic heterocycles. The number of hydrogen-bond donors (Lipinski definition) is 1. The summed E-state index contributed by atoms with van der Waals surface area (Å²) in [6.45, 7) is 1.14. The van der Waals surface area contributed by atoms with Gasteiger partial charge in [0.2, 0.25) is 0 Å².